The molecule has 0 spiro atoms. The molecule has 1 amide bonds. The van der Waals surface area contributed by atoms with Crippen LogP contribution < -0.4 is 5.32 Å². The Bertz CT molecular complexity index is 625. The van der Waals surface area contributed by atoms with Crippen LogP contribution in [0.2, 0.25) is 0 Å². The van der Waals surface area contributed by atoms with E-state index in [0.29, 0.717) is 17.0 Å². The predicted molar refractivity (Wildman–Crippen MR) is 68.4 cm³/mol. The number of furan rings is 1. The molecule has 0 bridgehead atoms. The number of nitrogens with one attached hydrogen (secondary N) is 1. The third-order valence-electron chi connectivity index (χ3n) is 2.66. The Hall–Kier alpha value is -2.59. The summed E-state index contributed by atoms with van der Waals surface area (Å²) in [5.74, 6) is -0.00821. The van der Waals surface area contributed by atoms with Crippen molar-refractivity contribution in [2.75, 3.05) is 7.11 Å². The van der Waals surface area contributed by atoms with Gasteiger partial charge in [-0.2, -0.15) is 10.4 Å². The molecule has 0 aliphatic carbocycles. The summed E-state index contributed by atoms with van der Waals surface area (Å²) >= 11 is 0. The molecule has 104 valence electrons. The Morgan fingerprint density at radius 1 is 1.70 bits per heavy atom. The van der Waals surface area contributed by atoms with Crippen molar-refractivity contribution in [1.82, 2.24) is 15.1 Å². The van der Waals surface area contributed by atoms with Crippen molar-refractivity contribution in [3.63, 3.8) is 0 Å². The van der Waals surface area contributed by atoms with Crippen molar-refractivity contribution in [2.45, 2.75) is 12.6 Å². The van der Waals surface area contributed by atoms with Gasteiger partial charge in [-0.25, -0.2) is 0 Å². The lowest BCUT2D eigenvalue weighted by molar-refractivity contribution is 0.0936. The smallest absolute Gasteiger partial charge is 0.256 e. The highest BCUT2D eigenvalue weighted by Gasteiger charge is 2.21. The molecule has 0 aromatic carbocycles. The number of amides is 1. The molecule has 0 radical (unpaired) electrons. The highest BCUT2D eigenvalue weighted by Crippen LogP contribution is 2.14. The lowest BCUT2D eigenvalue weighted by Crippen LogP contribution is -2.28. The van der Waals surface area contributed by atoms with Crippen molar-refractivity contribution in [3.8, 4) is 6.07 Å². The Morgan fingerprint density at radius 2 is 2.50 bits per heavy atom. The number of aromatic nitrogens is 2. The van der Waals surface area contributed by atoms with E-state index in [0.717, 1.165) is 0 Å². The fourth-order valence-electron chi connectivity index (χ4n) is 1.80. The standard InChI is InChI=1S/C13H14N4O3/c1-17-7-9(11(16-17)8-19-2)13(18)15-10(6-14)12-4-3-5-20-12/h3-5,7,10H,8H2,1-2H3,(H,15,18). The Balaban J connectivity index is 2.17. The average molecular weight is 274 g/mol. The Labute approximate surface area is 115 Å². The molecule has 2 aromatic rings. The maximum atomic E-state index is 12.2. The summed E-state index contributed by atoms with van der Waals surface area (Å²) in [6, 6.07) is 4.43. The summed E-state index contributed by atoms with van der Waals surface area (Å²) in [6.07, 6.45) is 3.03. The van der Waals surface area contributed by atoms with E-state index in [9.17, 15) is 4.79 Å². The lowest BCUT2D eigenvalue weighted by atomic mass is 10.2. The van der Waals surface area contributed by atoms with Gasteiger partial charge in [0.05, 0.1) is 24.5 Å². The van der Waals surface area contributed by atoms with Crippen LogP contribution in [0.1, 0.15) is 27.9 Å². The number of methoxy groups -OCH3 is 1. The first-order chi connectivity index (χ1) is 9.65. The van der Waals surface area contributed by atoms with Crippen LogP contribution in [0.4, 0.5) is 0 Å². The van der Waals surface area contributed by atoms with Gasteiger partial charge < -0.3 is 14.5 Å². The molecule has 2 aromatic heterocycles. The van der Waals surface area contributed by atoms with E-state index < -0.39 is 11.9 Å². The third-order valence-corrected chi connectivity index (χ3v) is 2.66. The second kappa shape index (κ2) is 6.04. The van der Waals surface area contributed by atoms with Crippen molar-refractivity contribution >= 4 is 5.91 Å². The van der Waals surface area contributed by atoms with Crippen molar-refractivity contribution in [3.05, 3.63) is 41.6 Å². The van der Waals surface area contributed by atoms with Gasteiger partial charge in [-0.05, 0) is 12.1 Å². The molecule has 20 heavy (non-hydrogen) atoms. The molecule has 1 N–H and O–H groups in total. The number of carbonyl (C=O) groups excluding carboxylic acids is 1. The normalized spacial score (nSPS) is 11.8. The van der Waals surface area contributed by atoms with Crippen molar-refractivity contribution < 1.29 is 13.9 Å². The zero-order valence-corrected chi connectivity index (χ0v) is 11.2. The summed E-state index contributed by atoms with van der Waals surface area (Å²) < 4.78 is 11.6. The van der Waals surface area contributed by atoms with Gasteiger partial charge in [-0.3, -0.25) is 9.48 Å². The molecule has 0 fully saturated rings. The third kappa shape index (κ3) is 2.87. The van der Waals surface area contributed by atoms with E-state index in [4.69, 9.17) is 14.4 Å². The minimum atomic E-state index is -0.840. The molecule has 0 aliphatic heterocycles. The number of hydrogen-bond acceptors (Lipinski definition) is 5. The Morgan fingerprint density at radius 3 is 3.10 bits per heavy atom. The van der Waals surface area contributed by atoms with Gasteiger partial charge in [0.15, 0.2) is 6.04 Å². The van der Waals surface area contributed by atoms with Gasteiger partial charge in [0.2, 0.25) is 0 Å². The second-order valence-corrected chi connectivity index (χ2v) is 4.15. The van der Waals surface area contributed by atoms with Gasteiger partial charge in [0, 0.05) is 20.4 Å². The fraction of sp³-hybridized carbons (Fsp3) is 0.308. The number of ether oxygens (including phenoxy) is 1. The molecule has 1 atom stereocenters. The Kier molecular flexibility index (Phi) is 4.17. The van der Waals surface area contributed by atoms with E-state index >= 15 is 0 Å². The van der Waals surface area contributed by atoms with Gasteiger partial charge in [-0.1, -0.05) is 0 Å². The van der Waals surface area contributed by atoms with Crippen LogP contribution >= 0.6 is 0 Å². The highest BCUT2D eigenvalue weighted by molar-refractivity contribution is 5.95. The van der Waals surface area contributed by atoms with E-state index in [1.165, 1.54) is 18.1 Å². The largest absolute Gasteiger partial charge is 0.466 e. The van der Waals surface area contributed by atoms with Crippen LogP contribution in [0.5, 0.6) is 0 Å². The molecule has 0 saturated carbocycles. The maximum absolute atomic E-state index is 12.2. The van der Waals surface area contributed by atoms with E-state index in [-0.39, 0.29) is 6.61 Å². The molecule has 2 heterocycles. The minimum absolute atomic E-state index is 0.224. The summed E-state index contributed by atoms with van der Waals surface area (Å²) in [5.41, 5.74) is 0.893. The van der Waals surface area contributed by atoms with Crippen LogP contribution in [0, 0.1) is 11.3 Å². The molecular weight excluding hydrogens is 260 g/mol. The van der Waals surface area contributed by atoms with Gasteiger partial charge >= 0.3 is 0 Å². The van der Waals surface area contributed by atoms with E-state index in [1.807, 2.05) is 6.07 Å². The van der Waals surface area contributed by atoms with Crippen LogP contribution in [-0.4, -0.2) is 22.8 Å². The average Bonchev–Trinajstić information content (AvgIpc) is 3.06. The van der Waals surface area contributed by atoms with Gasteiger partial charge in [0.1, 0.15) is 11.5 Å². The predicted octanol–water partition coefficient (Wildman–Crippen LogP) is 1.15. The molecule has 2 rings (SSSR count). The van der Waals surface area contributed by atoms with Crippen molar-refractivity contribution in [2.24, 2.45) is 7.05 Å². The van der Waals surface area contributed by atoms with Gasteiger partial charge in [-0.15, -0.1) is 0 Å². The van der Waals surface area contributed by atoms with Crippen LogP contribution in [-0.2, 0) is 18.4 Å². The van der Waals surface area contributed by atoms with Crippen LogP contribution in [0.15, 0.2) is 29.0 Å². The molecular formula is C13H14N4O3. The zero-order valence-electron chi connectivity index (χ0n) is 11.2. The topological polar surface area (TPSA) is 93.1 Å². The van der Waals surface area contributed by atoms with Crippen molar-refractivity contribution in [1.29, 1.82) is 5.26 Å². The molecule has 7 heteroatoms. The SMILES string of the molecule is COCc1nn(C)cc1C(=O)NC(C#N)c1ccco1. The summed E-state index contributed by atoms with van der Waals surface area (Å²) in [6.45, 7) is 0.224. The minimum Gasteiger partial charge on any atom is -0.466 e. The lowest BCUT2D eigenvalue weighted by Gasteiger charge is -2.08. The molecule has 0 aliphatic rings. The molecule has 7 nitrogen and oxygen atoms in total. The van der Waals surface area contributed by atoms with Crippen LogP contribution in [0.25, 0.3) is 0 Å². The monoisotopic (exact) mass is 274 g/mol. The van der Waals surface area contributed by atoms with Gasteiger partial charge in [0.25, 0.3) is 5.91 Å². The number of nitriles is 1. The summed E-state index contributed by atoms with van der Waals surface area (Å²) in [7, 11) is 3.24. The second-order valence-electron chi connectivity index (χ2n) is 4.15. The van der Waals surface area contributed by atoms with E-state index in [2.05, 4.69) is 10.4 Å². The number of nitrogens with zero attached hydrogens (tertiary/aromatic N) is 3. The number of carbonyl (C=O) groups is 1. The zero-order chi connectivity index (χ0) is 14.5. The first kappa shape index (κ1) is 13.8. The fourth-order valence-corrected chi connectivity index (χ4v) is 1.80. The molecule has 1 unspecified atom stereocenters. The number of aryl methyl sites for hydroxylation is 1. The maximum Gasteiger partial charge on any atom is 0.256 e. The first-order valence-electron chi connectivity index (χ1n) is 5.91. The number of hydrogen-bond donors (Lipinski definition) is 1. The molecule has 0 saturated heterocycles. The summed E-state index contributed by atoms with van der Waals surface area (Å²) in [5, 5.41) is 15.8. The number of rotatable bonds is 5. The summed E-state index contributed by atoms with van der Waals surface area (Å²) in [4.78, 5) is 12.2. The highest BCUT2D eigenvalue weighted by atomic mass is 16.5. The first-order valence-corrected chi connectivity index (χ1v) is 5.91. The van der Waals surface area contributed by atoms with E-state index in [1.54, 1.807) is 25.4 Å². The van der Waals surface area contributed by atoms with Crippen LogP contribution in [0.3, 0.4) is 0 Å². The quantitative estimate of drug-likeness (QED) is 0.882.